The van der Waals surface area contributed by atoms with Crippen LogP contribution in [0.4, 0.5) is 0 Å². The summed E-state index contributed by atoms with van der Waals surface area (Å²) in [6.07, 6.45) is 5.84. The van der Waals surface area contributed by atoms with Crippen LogP contribution in [-0.4, -0.2) is 45.9 Å². The monoisotopic (exact) mass is 524 g/mol. The van der Waals surface area contributed by atoms with E-state index < -0.39 is 0 Å². The van der Waals surface area contributed by atoms with E-state index in [0.717, 1.165) is 72.9 Å². The second kappa shape index (κ2) is 11.6. The Labute approximate surface area is 209 Å². The van der Waals surface area contributed by atoms with Crippen LogP contribution in [0.1, 0.15) is 55.2 Å². The van der Waals surface area contributed by atoms with Gasteiger partial charge in [0.2, 0.25) is 5.91 Å². The van der Waals surface area contributed by atoms with Gasteiger partial charge in [0.1, 0.15) is 12.4 Å². The minimum atomic E-state index is -0.0475. The molecule has 1 aromatic heterocycles. The number of hydrogen-bond acceptors (Lipinski definition) is 3. The molecule has 6 nitrogen and oxygen atoms in total. The highest BCUT2D eigenvalue weighted by Gasteiger charge is 2.22. The molecule has 2 aromatic carbocycles. The summed E-state index contributed by atoms with van der Waals surface area (Å²) in [6, 6.07) is 15.5. The van der Waals surface area contributed by atoms with E-state index in [1.54, 1.807) is 0 Å². The van der Waals surface area contributed by atoms with Crippen molar-refractivity contribution < 1.29 is 9.59 Å². The number of likely N-dealkylation sites (tertiary alicyclic amines) is 1. The van der Waals surface area contributed by atoms with E-state index in [9.17, 15) is 9.59 Å². The summed E-state index contributed by atoms with van der Waals surface area (Å²) in [5, 5.41) is 2.99. The van der Waals surface area contributed by atoms with Crippen molar-refractivity contribution in [3.8, 4) is 0 Å². The van der Waals surface area contributed by atoms with Gasteiger partial charge in [-0.05, 0) is 61.9 Å². The Morgan fingerprint density at radius 1 is 1.06 bits per heavy atom. The molecule has 4 rings (SSSR count). The molecule has 0 atom stereocenters. The topological polar surface area (TPSA) is 67.2 Å². The molecule has 0 bridgehead atoms. The van der Waals surface area contributed by atoms with Crippen molar-refractivity contribution in [2.45, 2.75) is 52.0 Å². The number of nitrogens with one attached hydrogen (secondary N) is 1. The third-order valence-electron chi connectivity index (χ3n) is 6.61. The number of aromatic nitrogens is 2. The van der Waals surface area contributed by atoms with Crippen LogP contribution in [0.5, 0.6) is 0 Å². The fourth-order valence-corrected chi connectivity index (χ4v) is 4.90. The second-order valence-electron chi connectivity index (χ2n) is 9.24. The molecule has 34 heavy (non-hydrogen) atoms. The van der Waals surface area contributed by atoms with Crippen LogP contribution in [-0.2, 0) is 17.8 Å². The van der Waals surface area contributed by atoms with Crippen molar-refractivity contribution >= 4 is 38.8 Å². The number of benzene rings is 2. The number of unbranched alkanes of at least 4 members (excludes halogenated alkanes) is 2. The van der Waals surface area contributed by atoms with Crippen LogP contribution in [0.15, 0.2) is 53.0 Å². The molecule has 0 saturated carbocycles. The molecule has 1 aliphatic rings. The zero-order valence-corrected chi connectivity index (χ0v) is 21.4. The summed E-state index contributed by atoms with van der Waals surface area (Å²) < 4.78 is 3.00. The molecule has 0 radical (unpaired) electrons. The van der Waals surface area contributed by atoms with Gasteiger partial charge in [0.05, 0.1) is 11.0 Å². The Morgan fingerprint density at radius 2 is 1.85 bits per heavy atom. The molecule has 7 heteroatoms. The van der Waals surface area contributed by atoms with Crippen molar-refractivity contribution in [1.82, 2.24) is 19.8 Å². The Kier molecular flexibility index (Phi) is 8.38. The van der Waals surface area contributed by atoms with Crippen molar-refractivity contribution in [1.29, 1.82) is 0 Å². The zero-order valence-electron chi connectivity index (χ0n) is 19.8. The molecule has 1 fully saturated rings. The van der Waals surface area contributed by atoms with Crippen LogP contribution in [0.2, 0.25) is 0 Å². The maximum absolute atomic E-state index is 13.0. The molecule has 2 heterocycles. The lowest BCUT2D eigenvalue weighted by molar-refractivity contribution is -0.133. The molecule has 0 aliphatic carbocycles. The predicted octanol–water partition coefficient (Wildman–Crippen LogP) is 5.20. The van der Waals surface area contributed by atoms with Gasteiger partial charge in [-0.3, -0.25) is 9.59 Å². The van der Waals surface area contributed by atoms with Crippen LogP contribution in [0.3, 0.4) is 0 Å². The van der Waals surface area contributed by atoms with Gasteiger partial charge in [-0.25, -0.2) is 4.98 Å². The first kappa shape index (κ1) is 24.5. The van der Waals surface area contributed by atoms with Gasteiger partial charge in [0, 0.05) is 36.1 Å². The second-order valence-corrected chi connectivity index (χ2v) is 10.2. The number of rotatable bonds is 9. The van der Waals surface area contributed by atoms with Gasteiger partial charge < -0.3 is 14.8 Å². The van der Waals surface area contributed by atoms with Crippen molar-refractivity contribution in [2.24, 2.45) is 5.92 Å². The summed E-state index contributed by atoms with van der Waals surface area (Å²) in [5.41, 5.74) is 2.63. The van der Waals surface area contributed by atoms with E-state index in [1.165, 1.54) is 0 Å². The minimum absolute atomic E-state index is 0.0475. The standard InChI is InChI=1S/C27H33BrN4O2/c1-20-13-16-31(17-14-20)26(33)19-32-24-11-5-4-10-23(24)30-25(32)12-3-2-6-15-29-27(34)21-8-7-9-22(28)18-21/h4-5,7-11,18,20H,2-3,6,12-17,19H2,1H3,(H,29,34). The maximum atomic E-state index is 13.0. The lowest BCUT2D eigenvalue weighted by Crippen LogP contribution is -2.39. The number of nitrogens with zero attached hydrogens (tertiary/aromatic N) is 3. The first-order valence-corrected chi connectivity index (χ1v) is 13.1. The van der Waals surface area contributed by atoms with E-state index in [2.05, 4.69) is 38.8 Å². The van der Waals surface area contributed by atoms with E-state index >= 15 is 0 Å². The SMILES string of the molecule is CC1CCN(C(=O)Cn2c(CCCCCNC(=O)c3cccc(Br)c3)nc3ccccc32)CC1. The molecule has 180 valence electrons. The summed E-state index contributed by atoms with van der Waals surface area (Å²) >= 11 is 3.40. The van der Waals surface area contributed by atoms with E-state index in [4.69, 9.17) is 4.98 Å². The lowest BCUT2D eigenvalue weighted by atomic mass is 9.99. The molecule has 1 saturated heterocycles. The van der Waals surface area contributed by atoms with Crippen molar-refractivity contribution in [3.05, 3.63) is 64.4 Å². The normalized spacial score (nSPS) is 14.5. The molecule has 3 aromatic rings. The quantitative estimate of drug-likeness (QED) is 0.391. The number of piperidine rings is 1. The van der Waals surface area contributed by atoms with Gasteiger partial charge in [-0.2, -0.15) is 0 Å². The molecule has 0 unspecified atom stereocenters. The minimum Gasteiger partial charge on any atom is -0.352 e. The number of halogens is 1. The number of aryl methyl sites for hydroxylation is 1. The highest BCUT2D eigenvalue weighted by molar-refractivity contribution is 9.10. The highest BCUT2D eigenvalue weighted by atomic mass is 79.9. The van der Waals surface area contributed by atoms with Gasteiger partial charge >= 0.3 is 0 Å². The first-order chi connectivity index (χ1) is 16.5. The smallest absolute Gasteiger partial charge is 0.251 e. The van der Waals surface area contributed by atoms with Crippen molar-refractivity contribution in [2.75, 3.05) is 19.6 Å². The fourth-order valence-electron chi connectivity index (χ4n) is 4.50. The van der Waals surface area contributed by atoms with Gasteiger partial charge in [0.25, 0.3) is 5.91 Å². The maximum Gasteiger partial charge on any atom is 0.251 e. The molecule has 1 N–H and O–H groups in total. The molecular formula is C27H33BrN4O2. The summed E-state index contributed by atoms with van der Waals surface area (Å²) in [5.74, 6) is 1.81. The highest BCUT2D eigenvalue weighted by Crippen LogP contribution is 2.20. The molecule has 2 amide bonds. The number of para-hydroxylation sites is 2. The molecule has 0 spiro atoms. The Bertz CT molecular complexity index is 1130. The number of amides is 2. The summed E-state index contributed by atoms with van der Waals surface area (Å²) in [4.78, 5) is 32.1. The van der Waals surface area contributed by atoms with Crippen LogP contribution in [0.25, 0.3) is 11.0 Å². The van der Waals surface area contributed by atoms with E-state index in [-0.39, 0.29) is 11.8 Å². The molecule has 1 aliphatic heterocycles. The Hall–Kier alpha value is -2.67. The fraction of sp³-hybridized carbons (Fsp3) is 0.444. The summed E-state index contributed by atoms with van der Waals surface area (Å²) in [7, 11) is 0. The Morgan fingerprint density at radius 3 is 2.65 bits per heavy atom. The third kappa shape index (κ3) is 6.26. The van der Waals surface area contributed by atoms with Gasteiger partial charge in [-0.1, -0.05) is 47.5 Å². The Balaban J connectivity index is 1.29. The number of fused-ring (bicyclic) bond motifs is 1. The number of imidazole rings is 1. The van der Waals surface area contributed by atoms with Crippen molar-refractivity contribution in [3.63, 3.8) is 0 Å². The third-order valence-corrected chi connectivity index (χ3v) is 7.11. The number of hydrogen-bond donors (Lipinski definition) is 1. The number of carbonyl (C=O) groups excluding carboxylic acids is 2. The predicted molar refractivity (Wildman–Crippen MR) is 139 cm³/mol. The van der Waals surface area contributed by atoms with E-state index in [0.29, 0.717) is 24.6 Å². The zero-order chi connectivity index (χ0) is 23.9. The average Bonchev–Trinajstić information content (AvgIpc) is 3.18. The lowest BCUT2D eigenvalue weighted by Gasteiger charge is -2.30. The largest absolute Gasteiger partial charge is 0.352 e. The van der Waals surface area contributed by atoms with E-state index in [1.807, 2.05) is 47.4 Å². The van der Waals surface area contributed by atoms with Crippen LogP contribution < -0.4 is 5.32 Å². The van der Waals surface area contributed by atoms with Crippen LogP contribution in [0, 0.1) is 5.92 Å². The summed E-state index contributed by atoms with van der Waals surface area (Å²) in [6.45, 7) is 4.97. The molecular weight excluding hydrogens is 492 g/mol. The number of carbonyl (C=O) groups is 2. The van der Waals surface area contributed by atoms with Gasteiger partial charge in [-0.15, -0.1) is 0 Å². The van der Waals surface area contributed by atoms with Crippen LogP contribution >= 0.6 is 15.9 Å². The van der Waals surface area contributed by atoms with Gasteiger partial charge in [0.15, 0.2) is 0 Å². The average molecular weight is 525 g/mol. The first-order valence-electron chi connectivity index (χ1n) is 12.3.